The zero-order valence-electron chi connectivity index (χ0n) is 13.2. The van der Waals surface area contributed by atoms with Crippen molar-refractivity contribution in [1.29, 1.82) is 0 Å². The first-order chi connectivity index (χ1) is 12.2. The number of H-pyrrole nitrogens is 1. The number of thioether (sulfide) groups is 1. The molecule has 1 N–H and O–H groups in total. The lowest BCUT2D eigenvalue weighted by atomic mass is 10.2. The predicted octanol–water partition coefficient (Wildman–Crippen LogP) is 4.14. The molecule has 5 nitrogen and oxygen atoms in total. The van der Waals surface area contributed by atoms with Crippen molar-refractivity contribution in [2.24, 2.45) is 5.10 Å². The van der Waals surface area contributed by atoms with Gasteiger partial charge < -0.3 is 4.98 Å². The van der Waals surface area contributed by atoms with Crippen molar-refractivity contribution in [1.82, 2.24) is 14.6 Å². The molecule has 2 aromatic carbocycles. The maximum absolute atomic E-state index is 12.6. The minimum absolute atomic E-state index is 0.255. The molecule has 0 atom stereocenters. The third-order valence-electron chi connectivity index (χ3n) is 3.90. The average molecular weight is 369 g/mol. The van der Waals surface area contributed by atoms with E-state index in [-0.39, 0.29) is 5.56 Å². The summed E-state index contributed by atoms with van der Waals surface area (Å²) in [5.74, 6) is 0. The van der Waals surface area contributed by atoms with Gasteiger partial charge in [0.05, 0.1) is 6.21 Å². The lowest BCUT2D eigenvalue weighted by molar-refractivity contribution is 0.815. The molecule has 0 unspecified atom stereocenters. The van der Waals surface area contributed by atoms with E-state index in [0.29, 0.717) is 16.1 Å². The van der Waals surface area contributed by atoms with Gasteiger partial charge in [-0.15, -0.1) is 11.8 Å². The Balaban J connectivity index is 1.77. The van der Waals surface area contributed by atoms with E-state index in [4.69, 9.17) is 11.6 Å². The molecule has 4 rings (SSSR count). The van der Waals surface area contributed by atoms with Gasteiger partial charge in [0.2, 0.25) is 0 Å². The summed E-state index contributed by atoms with van der Waals surface area (Å²) in [5, 5.41) is 5.66. The summed E-state index contributed by atoms with van der Waals surface area (Å²) in [6.45, 7) is 0. The Morgan fingerprint density at radius 2 is 2.04 bits per heavy atom. The molecule has 2 heterocycles. The number of benzene rings is 2. The second kappa shape index (κ2) is 6.38. The van der Waals surface area contributed by atoms with E-state index in [1.807, 2.05) is 36.6 Å². The predicted molar refractivity (Wildman–Crippen MR) is 104 cm³/mol. The van der Waals surface area contributed by atoms with Crippen molar-refractivity contribution in [3.05, 3.63) is 69.7 Å². The summed E-state index contributed by atoms with van der Waals surface area (Å²) >= 11 is 7.71. The van der Waals surface area contributed by atoms with E-state index in [0.717, 1.165) is 16.5 Å². The van der Waals surface area contributed by atoms with Crippen molar-refractivity contribution in [3.63, 3.8) is 0 Å². The van der Waals surface area contributed by atoms with E-state index < -0.39 is 0 Å². The van der Waals surface area contributed by atoms with E-state index in [1.54, 1.807) is 30.1 Å². The molecule has 0 aliphatic carbocycles. The number of nitrogens with one attached hydrogen (secondary N) is 1. The molecule has 7 heteroatoms. The normalized spacial score (nSPS) is 11.8. The molecule has 0 radical (unpaired) electrons. The summed E-state index contributed by atoms with van der Waals surface area (Å²) in [6, 6.07) is 13.3. The zero-order valence-corrected chi connectivity index (χ0v) is 14.8. The molecule has 0 spiro atoms. The molecule has 0 bridgehead atoms. The molecular formula is C18H13ClN4OS. The van der Waals surface area contributed by atoms with E-state index in [1.165, 1.54) is 15.9 Å². The van der Waals surface area contributed by atoms with Gasteiger partial charge >= 0.3 is 0 Å². The fourth-order valence-electron chi connectivity index (χ4n) is 2.62. The van der Waals surface area contributed by atoms with Gasteiger partial charge in [-0.1, -0.05) is 23.7 Å². The Kier molecular flexibility index (Phi) is 4.07. The number of aromatic nitrogens is 3. The summed E-state index contributed by atoms with van der Waals surface area (Å²) in [5.41, 5.74) is 2.48. The molecular weight excluding hydrogens is 356 g/mol. The van der Waals surface area contributed by atoms with Crippen LogP contribution in [-0.2, 0) is 0 Å². The van der Waals surface area contributed by atoms with Crippen LogP contribution in [0.3, 0.4) is 0 Å². The van der Waals surface area contributed by atoms with Crippen LogP contribution in [0.1, 0.15) is 5.56 Å². The SMILES string of the molecule is CSc1ccc(C=Nn2cnc3c([nH]c4ccc(Cl)cc43)c2=O)cc1. The number of rotatable bonds is 3. The van der Waals surface area contributed by atoms with Crippen LogP contribution in [-0.4, -0.2) is 27.1 Å². The summed E-state index contributed by atoms with van der Waals surface area (Å²) < 4.78 is 1.22. The van der Waals surface area contributed by atoms with Crippen molar-refractivity contribution < 1.29 is 0 Å². The molecule has 4 aromatic rings. The third-order valence-corrected chi connectivity index (χ3v) is 4.88. The highest BCUT2D eigenvalue weighted by Gasteiger charge is 2.10. The summed E-state index contributed by atoms with van der Waals surface area (Å²) in [4.78, 5) is 21.3. The Morgan fingerprint density at radius 3 is 2.80 bits per heavy atom. The van der Waals surface area contributed by atoms with Gasteiger partial charge in [0.15, 0.2) is 0 Å². The van der Waals surface area contributed by atoms with E-state index >= 15 is 0 Å². The summed E-state index contributed by atoms with van der Waals surface area (Å²) in [6.07, 6.45) is 5.08. The number of nitrogens with zero attached hydrogens (tertiary/aromatic N) is 3. The molecule has 0 amide bonds. The molecule has 0 aliphatic heterocycles. The Morgan fingerprint density at radius 1 is 1.24 bits per heavy atom. The van der Waals surface area contributed by atoms with Gasteiger partial charge in [0.1, 0.15) is 17.4 Å². The van der Waals surface area contributed by atoms with Crippen LogP contribution in [0.25, 0.3) is 21.9 Å². The van der Waals surface area contributed by atoms with Crippen LogP contribution < -0.4 is 5.56 Å². The van der Waals surface area contributed by atoms with Crippen molar-refractivity contribution >= 4 is 51.5 Å². The second-order valence-corrected chi connectivity index (χ2v) is 6.77. The standard InChI is InChI=1S/C18H13ClN4OS/c1-25-13-5-2-11(3-6-13)9-21-23-10-20-16-14-8-12(19)4-7-15(14)22-17(16)18(23)24/h2-10,22H,1H3. The van der Waals surface area contributed by atoms with Gasteiger partial charge in [0, 0.05) is 20.8 Å². The lowest BCUT2D eigenvalue weighted by Crippen LogP contribution is -2.17. The van der Waals surface area contributed by atoms with Crippen molar-refractivity contribution in [2.45, 2.75) is 4.90 Å². The first kappa shape index (κ1) is 15.9. The smallest absolute Gasteiger partial charge is 0.298 e. The molecule has 0 fully saturated rings. The molecule has 0 saturated heterocycles. The van der Waals surface area contributed by atoms with E-state index in [2.05, 4.69) is 15.1 Å². The Hall–Kier alpha value is -2.57. The third kappa shape index (κ3) is 2.94. The zero-order chi connectivity index (χ0) is 17.4. The first-order valence-corrected chi connectivity index (χ1v) is 9.13. The number of hydrogen-bond acceptors (Lipinski definition) is 4. The van der Waals surface area contributed by atoms with Gasteiger partial charge in [0.25, 0.3) is 5.56 Å². The maximum atomic E-state index is 12.6. The Bertz CT molecular complexity index is 1160. The first-order valence-electron chi connectivity index (χ1n) is 7.53. The van der Waals surface area contributed by atoms with Crippen LogP contribution in [0, 0.1) is 0 Å². The molecule has 2 aromatic heterocycles. The summed E-state index contributed by atoms with van der Waals surface area (Å²) in [7, 11) is 0. The quantitative estimate of drug-likeness (QED) is 0.436. The maximum Gasteiger partial charge on any atom is 0.298 e. The highest BCUT2D eigenvalue weighted by atomic mass is 35.5. The minimum atomic E-state index is -0.255. The molecule has 25 heavy (non-hydrogen) atoms. The number of hydrogen-bond donors (Lipinski definition) is 1. The fraction of sp³-hybridized carbons (Fsp3) is 0.0556. The number of halogens is 1. The van der Waals surface area contributed by atoms with Crippen LogP contribution in [0.4, 0.5) is 0 Å². The number of aromatic amines is 1. The van der Waals surface area contributed by atoms with Gasteiger partial charge in [-0.3, -0.25) is 4.79 Å². The van der Waals surface area contributed by atoms with Gasteiger partial charge in [-0.25, -0.2) is 4.98 Å². The highest BCUT2D eigenvalue weighted by molar-refractivity contribution is 7.98. The number of fused-ring (bicyclic) bond motifs is 3. The van der Waals surface area contributed by atoms with Crippen LogP contribution in [0.2, 0.25) is 5.02 Å². The van der Waals surface area contributed by atoms with Crippen molar-refractivity contribution in [2.75, 3.05) is 6.26 Å². The molecule has 0 aliphatic rings. The molecule has 124 valence electrons. The minimum Gasteiger partial charge on any atom is -0.349 e. The monoisotopic (exact) mass is 368 g/mol. The lowest BCUT2D eigenvalue weighted by Gasteiger charge is -1.99. The van der Waals surface area contributed by atoms with Crippen LogP contribution >= 0.6 is 23.4 Å². The topological polar surface area (TPSA) is 63.0 Å². The molecule has 0 saturated carbocycles. The van der Waals surface area contributed by atoms with Gasteiger partial charge in [-0.05, 0) is 42.2 Å². The second-order valence-electron chi connectivity index (χ2n) is 5.45. The Labute approximate surface area is 152 Å². The van der Waals surface area contributed by atoms with E-state index in [9.17, 15) is 4.79 Å². The fourth-order valence-corrected chi connectivity index (χ4v) is 3.20. The van der Waals surface area contributed by atoms with Crippen LogP contribution in [0.15, 0.2) is 63.6 Å². The largest absolute Gasteiger partial charge is 0.349 e. The average Bonchev–Trinajstić information content (AvgIpc) is 3.00. The van der Waals surface area contributed by atoms with Crippen molar-refractivity contribution in [3.8, 4) is 0 Å². The highest BCUT2D eigenvalue weighted by Crippen LogP contribution is 2.24. The van der Waals surface area contributed by atoms with Gasteiger partial charge in [-0.2, -0.15) is 9.78 Å². The van der Waals surface area contributed by atoms with Crippen LogP contribution in [0.5, 0.6) is 0 Å².